The van der Waals surface area contributed by atoms with Crippen LogP contribution in [0.2, 0.25) is 0 Å². The standard InChI is InChI=1S/C45H85NO4/c1-3-5-7-9-11-13-15-17-19-20-21-22-23-24-26-27-29-31-33-35-37-39-43(48)42(41-47)46-45(50)44(49)40-38-36-34-32-30-28-25-18-16-14-12-10-8-6-4-2/h25,28-29,31,37,39,42-44,47-49H,3-24,26-27,30,32-36,38,40-41H2,1-2H3,(H,46,50)/b28-25-,31-29+,39-37+. The highest BCUT2D eigenvalue weighted by Crippen LogP contribution is 2.15. The molecule has 0 rings (SSSR count). The molecule has 0 heterocycles. The molecule has 0 aliphatic carbocycles. The van der Waals surface area contributed by atoms with Gasteiger partial charge in [-0.05, 0) is 57.8 Å². The lowest BCUT2D eigenvalue weighted by Crippen LogP contribution is -2.48. The first-order valence-corrected chi connectivity index (χ1v) is 21.8. The fourth-order valence-corrected chi connectivity index (χ4v) is 6.49. The molecule has 0 saturated heterocycles. The Morgan fingerprint density at radius 2 is 0.820 bits per heavy atom. The molecule has 0 aliphatic heterocycles. The van der Waals surface area contributed by atoms with Crippen molar-refractivity contribution in [2.45, 2.75) is 238 Å². The van der Waals surface area contributed by atoms with Gasteiger partial charge in [-0.2, -0.15) is 0 Å². The van der Waals surface area contributed by atoms with Crippen molar-refractivity contribution in [3.05, 3.63) is 36.5 Å². The van der Waals surface area contributed by atoms with Crippen LogP contribution in [0.3, 0.4) is 0 Å². The van der Waals surface area contributed by atoms with Gasteiger partial charge in [-0.3, -0.25) is 4.79 Å². The van der Waals surface area contributed by atoms with Crippen LogP contribution in [0.4, 0.5) is 0 Å². The minimum absolute atomic E-state index is 0.379. The Kier molecular flexibility index (Phi) is 39.2. The average molecular weight is 704 g/mol. The second-order valence-electron chi connectivity index (χ2n) is 14.9. The van der Waals surface area contributed by atoms with E-state index in [1.54, 1.807) is 6.08 Å². The van der Waals surface area contributed by atoms with E-state index in [-0.39, 0.29) is 6.61 Å². The molecule has 0 bridgehead atoms. The largest absolute Gasteiger partial charge is 0.394 e. The van der Waals surface area contributed by atoms with Crippen molar-refractivity contribution in [2.75, 3.05) is 6.61 Å². The first kappa shape index (κ1) is 48.6. The van der Waals surface area contributed by atoms with Gasteiger partial charge in [0.2, 0.25) is 5.91 Å². The summed E-state index contributed by atoms with van der Waals surface area (Å²) in [6, 6.07) is -0.818. The molecule has 0 radical (unpaired) electrons. The van der Waals surface area contributed by atoms with Crippen LogP contribution in [0.5, 0.6) is 0 Å². The summed E-state index contributed by atoms with van der Waals surface area (Å²) in [6.07, 6.45) is 50.3. The Morgan fingerprint density at radius 3 is 1.22 bits per heavy atom. The van der Waals surface area contributed by atoms with Gasteiger partial charge < -0.3 is 20.6 Å². The topological polar surface area (TPSA) is 89.8 Å². The SMILES string of the molecule is CCCCCCCCC/C=C\CCCCCCC(O)C(=O)NC(CO)C(O)/C=C/CC/C=C/CCCCCCCCCCCCCCCCC. The molecule has 5 heteroatoms. The molecule has 1 amide bonds. The third-order valence-electron chi connectivity index (χ3n) is 9.95. The summed E-state index contributed by atoms with van der Waals surface area (Å²) in [4.78, 5) is 12.4. The van der Waals surface area contributed by atoms with Crippen LogP contribution in [0.25, 0.3) is 0 Å². The Balaban J connectivity index is 3.73. The molecule has 3 atom stereocenters. The third-order valence-corrected chi connectivity index (χ3v) is 9.95. The van der Waals surface area contributed by atoms with Crippen molar-refractivity contribution in [1.82, 2.24) is 5.32 Å². The quantitative estimate of drug-likeness (QED) is 0.0379. The lowest BCUT2D eigenvalue weighted by atomic mass is 10.0. The molecule has 0 saturated carbocycles. The van der Waals surface area contributed by atoms with E-state index in [1.165, 1.54) is 148 Å². The summed E-state index contributed by atoms with van der Waals surface area (Å²) >= 11 is 0. The predicted octanol–water partition coefficient (Wildman–Crippen LogP) is 12.4. The maximum absolute atomic E-state index is 12.4. The molecule has 4 N–H and O–H groups in total. The normalized spacial score (nSPS) is 13.9. The van der Waals surface area contributed by atoms with Crippen LogP contribution in [0, 0.1) is 0 Å². The van der Waals surface area contributed by atoms with E-state index < -0.39 is 24.2 Å². The summed E-state index contributed by atoms with van der Waals surface area (Å²) in [5, 5.41) is 33.1. The monoisotopic (exact) mass is 704 g/mol. The number of nitrogens with one attached hydrogen (secondary N) is 1. The van der Waals surface area contributed by atoms with Crippen molar-refractivity contribution in [1.29, 1.82) is 0 Å². The Bertz CT molecular complexity index is 779. The molecule has 0 aliphatic rings. The molecule has 0 fully saturated rings. The van der Waals surface area contributed by atoms with Crippen LogP contribution >= 0.6 is 0 Å². The number of carbonyl (C=O) groups is 1. The number of carbonyl (C=O) groups excluding carboxylic acids is 1. The fraction of sp³-hybridized carbons (Fsp3) is 0.844. The number of amides is 1. The lowest BCUT2D eigenvalue weighted by molar-refractivity contribution is -0.131. The van der Waals surface area contributed by atoms with Gasteiger partial charge in [-0.25, -0.2) is 0 Å². The number of hydrogen-bond donors (Lipinski definition) is 4. The molecule has 294 valence electrons. The third kappa shape index (κ3) is 35.0. The first-order chi connectivity index (χ1) is 24.6. The zero-order chi connectivity index (χ0) is 36.6. The Morgan fingerprint density at radius 1 is 0.480 bits per heavy atom. The second-order valence-corrected chi connectivity index (χ2v) is 14.9. The summed E-state index contributed by atoms with van der Waals surface area (Å²) < 4.78 is 0. The zero-order valence-electron chi connectivity index (χ0n) is 33.3. The minimum Gasteiger partial charge on any atom is -0.394 e. The van der Waals surface area contributed by atoms with Gasteiger partial charge in [0.05, 0.1) is 18.8 Å². The number of allylic oxidation sites excluding steroid dienone is 5. The molecule has 0 aromatic heterocycles. The zero-order valence-corrected chi connectivity index (χ0v) is 33.3. The number of rotatable bonds is 39. The van der Waals surface area contributed by atoms with E-state index in [0.29, 0.717) is 6.42 Å². The van der Waals surface area contributed by atoms with E-state index in [0.717, 1.165) is 51.4 Å². The van der Waals surface area contributed by atoms with Crippen molar-refractivity contribution in [3.8, 4) is 0 Å². The molecule has 3 unspecified atom stereocenters. The smallest absolute Gasteiger partial charge is 0.249 e. The fourth-order valence-electron chi connectivity index (χ4n) is 6.49. The highest BCUT2D eigenvalue weighted by molar-refractivity contribution is 5.80. The molecule has 5 nitrogen and oxygen atoms in total. The molecule has 0 spiro atoms. The van der Waals surface area contributed by atoms with Gasteiger partial charge >= 0.3 is 0 Å². The van der Waals surface area contributed by atoms with Crippen LogP contribution < -0.4 is 5.32 Å². The molecule has 50 heavy (non-hydrogen) atoms. The highest BCUT2D eigenvalue weighted by atomic mass is 16.3. The summed E-state index contributed by atoms with van der Waals surface area (Å²) in [5.74, 6) is -0.522. The van der Waals surface area contributed by atoms with Crippen LogP contribution in [0.1, 0.15) is 219 Å². The minimum atomic E-state index is -1.11. The first-order valence-electron chi connectivity index (χ1n) is 21.8. The van der Waals surface area contributed by atoms with Crippen molar-refractivity contribution in [3.63, 3.8) is 0 Å². The van der Waals surface area contributed by atoms with Crippen LogP contribution in [0.15, 0.2) is 36.5 Å². The van der Waals surface area contributed by atoms with Gasteiger partial charge in [-0.1, -0.05) is 198 Å². The van der Waals surface area contributed by atoms with E-state index in [4.69, 9.17) is 0 Å². The van der Waals surface area contributed by atoms with E-state index in [9.17, 15) is 20.1 Å². The molecule has 0 aromatic carbocycles. The Hall–Kier alpha value is -1.43. The van der Waals surface area contributed by atoms with E-state index >= 15 is 0 Å². The van der Waals surface area contributed by atoms with Crippen molar-refractivity contribution < 1.29 is 20.1 Å². The van der Waals surface area contributed by atoms with Crippen LogP contribution in [-0.2, 0) is 4.79 Å². The van der Waals surface area contributed by atoms with E-state index in [1.807, 2.05) is 6.08 Å². The second kappa shape index (κ2) is 40.3. The summed E-state index contributed by atoms with van der Waals surface area (Å²) in [6.45, 7) is 4.16. The Labute approximate surface area is 311 Å². The van der Waals surface area contributed by atoms with Crippen LogP contribution in [-0.4, -0.2) is 46.1 Å². The van der Waals surface area contributed by atoms with E-state index in [2.05, 4.69) is 43.5 Å². The van der Waals surface area contributed by atoms with Gasteiger partial charge in [0, 0.05) is 0 Å². The average Bonchev–Trinajstić information content (AvgIpc) is 3.12. The predicted molar refractivity (Wildman–Crippen MR) is 218 cm³/mol. The molecule has 0 aromatic rings. The van der Waals surface area contributed by atoms with Gasteiger partial charge in [0.15, 0.2) is 0 Å². The maximum Gasteiger partial charge on any atom is 0.249 e. The van der Waals surface area contributed by atoms with Gasteiger partial charge in [-0.15, -0.1) is 0 Å². The summed E-state index contributed by atoms with van der Waals surface area (Å²) in [7, 11) is 0. The number of aliphatic hydroxyl groups is 3. The highest BCUT2D eigenvalue weighted by Gasteiger charge is 2.22. The van der Waals surface area contributed by atoms with Gasteiger partial charge in [0.25, 0.3) is 0 Å². The summed E-state index contributed by atoms with van der Waals surface area (Å²) in [5.41, 5.74) is 0. The van der Waals surface area contributed by atoms with Crippen molar-refractivity contribution in [2.24, 2.45) is 0 Å². The molecular weight excluding hydrogens is 618 g/mol. The maximum atomic E-state index is 12.4. The number of aliphatic hydroxyl groups excluding tert-OH is 3. The van der Waals surface area contributed by atoms with Crippen molar-refractivity contribution >= 4 is 5.91 Å². The number of unbranched alkanes of at least 4 members (excludes halogenated alkanes) is 27. The molecular formula is C45H85NO4. The van der Waals surface area contributed by atoms with Gasteiger partial charge in [0.1, 0.15) is 6.10 Å². The lowest BCUT2D eigenvalue weighted by Gasteiger charge is -2.21. The number of hydrogen-bond acceptors (Lipinski definition) is 4.